The van der Waals surface area contributed by atoms with Crippen molar-refractivity contribution in [3.05, 3.63) is 23.8 Å². The van der Waals surface area contributed by atoms with Crippen LogP contribution >= 0.6 is 0 Å². The standard InChI is InChI=1S/C23H40N2O4/c1-27-19-13-12-18(22(15-19)28-2)17-29-14-10-8-6-4-3-5-7-9-11-21-23(26)20(24)16-25-21/h12-13,15,20-21,23,25-26H,3-11,14,16-17,24H2,1-2H3/t20-,21+,23-/m0/s1. The molecule has 29 heavy (non-hydrogen) atoms. The lowest BCUT2D eigenvalue weighted by Crippen LogP contribution is -2.37. The molecule has 4 N–H and O–H groups in total. The maximum absolute atomic E-state index is 9.92. The van der Waals surface area contributed by atoms with E-state index in [1.165, 1.54) is 44.9 Å². The highest BCUT2D eigenvalue weighted by atomic mass is 16.5. The summed E-state index contributed by atoms with van der Waals surface area (Å²) in [6.45, 7) is 2.10. The Kier molecular flexibility index (Phi) is 11.4. The first kappa shape index (κ1) is 23.9. The number of aliphatic hydroxyl groups excluding tert-OH is 1. The molecule has 0 radical (unpaired) electrons. The van der Waals surface area contributed by atoms with Gasteiger partial charge in [0.2, 0.25) is 0 Å². The minimum Gasteiger partial charge on any atom is -0.497 e. The van der Waals surface area contributed by atoms with Crippen molar-refractivity contribution in [3.63, 3.8) is 0 Å². The van der Waals surface area contributed by atoms with Crippen molar-refractivity contribution in [1.29, 1.82) is 0 Å². The summed E-state index contributed by atoms with van der Waals surface area (Å²) in [5.41, 5.74) is 6.87. The molecule has 6 heteroatoms. The van der Waals surface area contributed by atoms with E-state index in [4.69, 9.17) is 19.9 Å². The van der Waals surface area contributed by atoms with Crippen molar-refractivity contribution in [1.82, 2.24) is 5.32 Å². The molecule has 6 nitrogen and oxygen atoms in total. The van der Waals surface area contributed by atoms with Gasteiger partial charge in [0.05, 0.1) is 26.9 Å². The third-order valence-corrected chi connectivity index (χ3v) is 5.77. The highest BCUT2D eigenvalue weighted by Crippen LogP contribution is 2.25. The summed E-state index contributed by atoms with van der Waals surface area (Å²) in [4.78, 5) is 0. The molecular weight excluding hydrogens is 368 g/mol. The van der Waals surface area contributed by atoms with E-state index in [1.54, 1.807) is 14.2 Å². The summed E-state index contributed by atoms with van der Waals surface area (Å²) >= 11 is 0. The quantitative estimate of drug-likeness (QED) is 0.386. The normalized spacial score (nSPS) is 21.4. The van der Waals surface area contributed by atoms with Gasteiger partial charge < -0.3 is 30.4 Å². The Bertz CT molecular complexity index is 570. The van der Waals surface area contributed by atoms with E-state index >= 15 is 0 Å². The summed E-state index contributed by atoms with van der Waals surface area (Å²) in [6, 6.07) is 5.92. The zero-order valence-electron chi connectivity index (χ0n) is 18.2. The van der Waals surface area contributed by atoms with Crippen LogP contribution in [0.1, 0.15) is 63.4 Å². The molecule has 1 aliphatic rings. The molecular formula is C23H40N2O4. The molecule has 1 aromatic rings. The van der Waals surface area contributed by atoms with Crippen molar-refractivity contribution in [3.8, 4) is 11.5 Å². The van der Waals surface area contributed by atoms with Crippen LogP contribution in [-0.2, 0) is 11.3 Å². The second-order valence-corrected chi connectivity index (χ2v) is 8.02. The molecule has 0 spiro atoms. The number of hydrogen-bond acceptors (Lipinski definition) is 6. The Morgan fingerprint density at radius 2 is 1.69 bits per heavy atom. The van der Waals surface area contributed by atoms with Gasteiger partial charge in [-0.05, 0) is 25.0 Å². The predicted octanol–water partition coefficient (Wildman–Crippen LogP) is 3.39. The molecule has 0 unspecified atom stereocenters. The first-order valence-corrected chi connectivity index (χ1v) is 11.1. The first-order chi connectivity index (χ1) is 14.2. The summed E-state index contributed by atoms with van der Waals surface area (Å²) in [5, 5.41) is 13.2. The maximum atomic E-state index is 9.92. The number of benzene rings is 1. The van der Waals surface area contributed by atoms with E-state index in [9.17, 15) is 5.11 Å². The fraction of sp³-hybridized carbons (Fsp3) is 0.739. The predicted molar refractivity (Wildman–Crippen MR) is 117 cm³/mol. The molecule has 2 rings (SSSR count). The van der Waals surface area contributed by atoms with E-state index in [0.29, 0.717) is 6.61 Å². The summed E-state index contributed by atoms with van der Waals surface area (Å²) < 4.78 is 16.4. The van der Waals surface area contributed by atoms with Gasteiger partial charge in [0.15, 0.2) is 0 Å². The first-order valence-electron chi connectivity index (χ1n) is 11.1. The zero-order valence-corrected chi connectivity index (χ0v) is 18.2. The average molecular weight is 409 g/mol. The van der Waals surface area contributed by atoms with E-state index in [2.05, 4.69) is 5.32 Å². The van der Waals surface area contributed by atoms with Crippen LogP contribution in [0.15, 0.2) is 18.2 Å². The molecule has 1 aromatic carbocycles. The number of methoxy groups -OCH3 is 2. The highest BCUT2D eigenvalue weighted by Gasteiger charge is 2.30. The monoisotopic (exact) mass is 408 g/mol. The Morgan fingerprint density at radius 3 is 2.31 bits per heavy atom. The van der Waals surface area contributed by atoms with Gasteiger partial charge in [-0.25, -0.2) is 0 Å². The number of nitrogens with one attached hydrogen (secondary N) is 1. The Labute approximate surface area is 176 Å². The maximum Gasteiger partial charge on any atom is 0.128 e. The van der Waals surface area contributed by atoms with Crippen molar-refractivity contribution in [2.24, 2.45) is 5.73 Å². The molecule has 1 heterocycles. The lowest BCUT2D eigenvalue weighted by atomic mass is 10.0. The van der Waals surface area contributed by atoms with Gasteiger partial charge in [0.25, 0.3) is 0 Å². The van der Waals surface area contributed by atoms with E-state index < -0.39 is 0 Å². The Balaban J connectivity index is 1.40. The SMILES string of the molecule is COc1ccc(COCCCCCCCCCC[C@H]2NC[C@H](N)[C@@H]2O)c(OC)c1. The van der Waals surface area contributed by atoms with Crippen LogP contribution in [0.4, 0.5) is 0 Å². The second-order valence-electron chi connectivity index (χ2n) is 8.02. The summed E-state index contributed by atoms with van der Waals surface area (Å²) in [7, 11) is 3.32. The van der Waals surface area contributed by atoms with Gasteiger partial charge in [0.1, 0.15) is 11.5 Å². The molecule has 0 amide bonds. The van der Waals surface area contributed by atoms with Crippen molar-refractivity contribution < 1.29 is 19.3 Å². The fourth-order valence-electron chi connectivity index (χ4n) is 3.88. The largest absolute Gasteiger partial charge is 0.497 e. The van der Waals surface area contributed by atoms with Crippen molar-refractivity contribution in [2.45, 2.75) is 82.6 Å². The van der Waals surface area contributed by atoms with Gasteiger partial charge in [-0.3, -0.25) is 0 Å². The van der Waals surface area contributed by atoms with Gasteiger partial charge >= 0.3 is 0 Å². The number of rotatable bonds is 15. The van der Waals surface area contributed by atoms with Crippen molar-refractivity contribution >= 4 is 0 Å². The molecule has 1 fully saturated rings. The van der Waals surface area contributed by atoms with E-state index in [0.717, 1.165) is 43.1 Å². The molecule has 3 atom stereocenters. The van der Waals surface area contributed by atoms with Crippen molar-refractivity contribution in [2.75, 3.05) is 27.4 Å². The molecule has 0 aliphatic carbocycles. The fourth-order valence-corrected chi connectivity index (χ4v) is 3.88. The van der Waals surface area contributed by atoms with Crippen LogP contribution in [0, 0.1) is 0 Å². The van der Waals surface area contributed by atoms with E-state index in [-0.39, 0.29) is 18.2 Å². The molecule has 0 bridgehead atoms. The minimum atomic E-state index is -0.372. The lowest BCUT2D eigenvalue weighted by Gasteiger charge is -2.16. The van der Waals surface area contributed by atoms with Gasteiger partial charge in [-0.2, -0.15) is 0 Å². The average Bonchev–Trinajstić information content (AvgIpc) is 3.06. The van der Waals surface area contributed by atoms with Crippen LogP contribution in [0.5, 0.6) is 11.5 Å². The lowest BCUT2D eigenvalue weighted by molar-refractivity contribution is 0.115. The number of aliphatic hydroxyl groups is 1. The highest BCUT2D eigenvalue weighted by molar-refractivity contribution is 5.40. The minimum absolute atomic E-state index is 0.0952. The van der Waals surface area contributed by atoms with Gasteiger partial charge in [0, 0.05) is 36.9 Å². The topological polar surface area (TPSA) is 86.0 Å². The number of hydrogen-bond donors (Lipinski definition) is 3. The molecule has 1 aliphatic heterocycles. The van der Waals surface area contributed by atoms with Crippen LogP contribution in [0.2, 0.25) is 0 Å². The Hall–Kier alpha value is -1.34. The number of ether oxygens (including phenoxy) is 3. The molecule has 1 saturated heterocycles. The van der Waals surface area contributed by atoms with Gasteiger partial charge in [-0.15, -0.1) is 0 Å². The third-order valence-electron chi connectivity index (χ3n) is 5.77. The third kappa shape index (κ3) is 8.51. The Morgan fingerprint density at radius 1 is 1.00 bits per heavy atom. The second kappa shape index (κ2) is 13.8. The van der Waals surface area contributed by atoms with Gasteiger partial charge in [-0.1, -0.05) is 44.9 Å². The zero-order chi connectivity index (χ0) is 20.9. The van der Waals surface area contributed by atoms with E-state index in [1.807, 2.05) is 18.2 Å². The number of nitrogens with two attached hydrogens (primary N) is 1. The van der Waals surface area contributed by atoms with Crippen LogP contribution < -0.4 is 20.5 Å². The molecule has 166 valence electrons. The molecule has 0 aromatic heterocycles. The molecule has 0 saturated carbocycles. The van der Waals surface area contributed by atoms with Crippen LogP contribution in [-0.4, -0.2) is 50.7 Å². The summed E-state index contributed by atoms with van der Waals surface area (Å²) in [5.74, 6) is 1.60. The van der Waals surface area contributed by atoms with Crippen LogP contribution in [0.3, 0.4) is 0 Å². The summed E-state index contributed by atoms with van der Waals surface area (Å²) in [6.07, 6.45) is 10.5. The number of unbranched alkanes of at least 4 members (excludes halogenated alkanes) is 7. The van der Waals surface area contributed by atoms with Crippen LogP contribution in [0.25, 0.3) is 0 Å². The smallest absolute Gasteiger partial charge is 0.128 e.